The molecule has 3 aromatic heterocycles. The van der Waals surface area contributed by atoms with Crippen LogP contribution in [0.15, 0.2) is 79.1 Å². The van der Waals surface area contributed by atoms with Crippen molar-refractivity contribution < 1.29 is 9.53 Å². The van der Waals surface area contributed by atoms with Gasteiger partial charge in [-0.3, -0.25) is 0 Å². The summed E-state index contributed by atoms with van der Waals surface area (Å²) in [6, 6.07) is 21.7. The fourth-order valence-electron chi connectivity index (χ4n) is 3.46. The van der Waals surface area contributed by atoms with Gasteiger partial charge in [-0.2, -0.15) is 0 Å². The second-order valence-corrected chi connectivity index (χ2v) is 6.86. The van der Waals surface area contributed by atoms with Crippen LogP contribution in [0.3, 0.4) is 0 Å². The Bertz CT molecular complexity index is 1120. The minimum atomic E-state index is -0.317. The van der Waals surface area contributed by atoms with Gasteiger partial charge in [0.25, 0.3) is 0 Å². The molecule has 4 aromatic rings. The zero-order valence-electron chi connectivity index (χ0n) is 16.5. The number of aryl methyl sites for hydroxylation is 1. The third-order valence-corrected chi connectivity index (χ3v) is 4.87. The molecule has 0 radical (unpaired) electrons. The summed E-state index contributed by atoms with van der Waals surface area (Å²) in [4.78, 5) is 17.0. The first-order chi connectivity index (χ1) is 14.2. The molecular formula is C24H23N3O2. The van der Waals surface area contributed by atoms with E-state index in [0.29, 0.717) is 12.2 Å². The highest BCUT2D eigenvalue weighted by molar-refractivity contribution is 5.97. The Balaban J connectivity index is 1.87. The number of nitrogens with one attached hydrogen (secondary N) is 1. The fraction of sp³-hybridized carbons (Fsp3) is 0.167. The van der Waals surface area contributed by atoms with Crippen LogP contribution in [0.25, 0.3) is 5.52 Å². The van der Waals surface area contributed by atoms with E-state index < -0.39 is 0 Å². The summed E-state index contributed by atoms with van der Waals surface area (Å²) >= 11 is 0. The van der Waals surface area contributed by atoms with Crippen LogP contribution < -0.4 is 5.32 Å². The van der Waals surface area contributed by atoms with Crippen molar-refractivity contribution in [3.8, 4) is 0 Å². The third kappa shape index (κ3) is 3.85. The van der Waals surface area contributed by atoms with Crippen molar-refractivity contribution in [1.82, 2.24) is 9.38 Å². The van der Waals surface area contributed by atoms with Crippen molar-refractivity contribution in [2.45, 2.75) is 19.9 Å². The van der Waals surface area contributed by atoms with Crippen molar-refractivity contribution >= 4 is 17.3 Å². The number of anilines is 1. The van der Waals surface area contributed by atoms with E-state index in [9.17, 15) is 4.79 Å². The van der Waals surface area contributed by atoms with Gasteiger partial charge in [0.1, 0.15) is 5.82 Å². The maximum atomic E-state index is 12.6. The van der Waals surface area contributed by atoms with E-state index in [0.717, 1.165) is 22.6 Å². The molecule has 0 spiro atoms. The lowest BCUT2D eigenvalue weighted by Gasteiger charge is -2.20. The molecular weight excluding hydrogens is 362 g/mol. The molecule has 0 aliphatic rings. The molecule has 0 saturated carbocycles. The molecule has 29 heavy (non-hydrogen) atoms. The Labute approximate surface area is 170 Å². The van der Waals surface area contributed by atoms with E-state index in [4.69, 9.17) is 4.74 Å². The van der Waals surface area contributed by atoms with E-state index in [-0.39, 0.29) is 12.0 Å². The smallest absolute Gasteiger partial charge is 0.340 e. The first kappa shape index (κ1) is 18.7. The van der Waals surface area contributed by atoms with Crippen LogP contribution in [0.4, 0.5) is 5.82 Å². The number of ether oxygens (including phenoxy) is 1. The molecule has 1 N–H and O–H groups in total. The Kier molecular flexibility index (Phi) is 5.29. The molecule has 146 valence electrons. The van der Waals surface area contributed by atoms with E-state index >= 15 is 0 Å². The van der Waals surface area contributed by atoms with Gasteiger partial charge < -0.3 is 14.5 Å². The molecule has 5 nitrogen and oxygen atoms in total. The van der Waals surface area contributed by atoms with Crippen molar-refractivity contribution in [2.75, 3.05) is 11.9 Å². The largest absolute Gasteiger partial charge is 0.462 e. The lowest BCUT2D eigenvalue weighted by Crippen LogP contribution is -2.15. The number of esters is 1. The van der Waals surface area contributed by atoms with Gasteiger partial charge in [-0.25, -0.2) is 9.78 Å². The summed E-state index contributed by atoms with van der Waals surface area (Å²) < 4.78 is 7.32. The molecule has 0 amide bonds. The summed E-state index contributed by atoms with van der Waals surface area (Å²) in [5, 5.41) is 3.52. The van der Waals surface area contributed by atoms with E-state index in [1.807, 2.05) is 60.0 Å². The van der Waals surface area contributed by atoms with Gasteiger partial charge in [0.15, 0.2) is 0 Å². The quantitative estimate of drug-likeness (QED) is 0.474. The number of nitrogens with zero attached hydrogens (tertiary/aromatic N) is 2. The first-order valence-corrected chi connectivity index (χ1v) is 9.68. The zero-order chi connectivity index (χ0) is 20.2. The maximum Gasteiger partial charge on any atom is 0.340 e. The number of carbonyl (C=O) groups is 1. The van der Waals surface area contributed by atoms with Crippen LogP contribution in [0.5, 0.6) is 0 Å². The SMILES string of the molecule is CCOC(=O)c1cc(C(Nc2ccccn2)c2ccc(C)cc2)n2ccccc12. The molecule has 1 unspecified atom stereocenters. The highest BCUT2D eigenvalue weighted by Crippen LogP contribution is 2.30. The van der Waals surface area contributed by atoms with Crippen molar-refractivity contribution in [2.24, 2.45) is 0 Å². The summed E-state index contributed by atoms with van der Waals surface area (Å²) in [5.41, 5.74) is 4.60. The number of fused-ring (bicyclic) bond motifs is 1. The second-order valence-electron chi connectivity index (χ2n) is 6.86. The highest BCUT2D eigenvalue weighted by atomic mass is 16.5. The first-order valence-electron chi connectivity index (χ1n) is 9.68. The number of hydrogen-bond acceptors (Lipinski definition) is 4. The molecule has 0 aliphatic carbocycles. The zero-order valence-corrected chi connectivity index (χ0v) is 16.5. The summed E-state index contributed by atoms with van der Waals surface area (Å²) in [5.74, 6) is 0.449. The molecule has 3 heterocycles. The Morgan fingerprint density at radius 2 is 1.90 bits per heavy atom. The van der Waals surface area contributed by atoms with E-state index in [1.54, 1.807) is 6.20 Å². The lowest BCUT2D eigenvalue weighted by molar-refractivity contribution is 0.0529. The predicted molar refractivity (Wildman–Crippen MR) is 114 cm³/mol. The Morgan fingerprint density at radius 3 is 2.62 bits per heavy atom. The molecule has 0 saturated heterocycles. The van der Waals surface area contributed by atoms with E-state index in [2.05, 4.69) is 41.5 Å². The van der Waals surface area contributed by atoms with Crippen LogP contribution in [0.2, 0.25) is 0 Å². The number of rotatable bonds is 6. The third-order valence-electron chi connectivity index (χ3n) is 4.87. The van der Waals surface area contributed by atoms with Gasteiger partial charge in [-0.15, -0.1) is 0 Å². The molecule has 4 rings (SSSR count). The normalized spacial score (nSPS) is 11.9. The van der Waals surface area contributed by atoms with Crippen LogP contribution in [0.1, 0.15) is 40.1 Å². The van der Waals surface area contributed by atoms with Gasteiger partial charge in [0, 0.05) is 12.4 Å². The Morgan fingerprint density at radius 1 is 1.10 bits per heavy atom. The average molecular weight is 385 g/mol. The average Bonchev–Trinajstić information content (AvgIpc) is 3.13. The van der Waals surface area contributed by atoms with Crippen LogP contribution in [-0.4, -0.2) is 22.0 Å². The summed E-state index contributed by atoms with van der Waals surface area (Å²) in [7, 11) is 0. The molecule has 5 heteroatoms. The maximum absolute atomic E-state index is 12.6. The number of pyridine rings is 2. The number of benzene rings is 1. The minimum Gasteiger partial charge on any atom is -0.462 e. The molecule has 0 bridgehead atoms. The second kappa shape index (κ2) is 8.19. The fourth-order valence-corrected chi connectivity index (χ4v) is 3.46. The molecule has 0 aliphatic heterocycles. The van der Waals surface area contributed by atoms with Gasteiger partial charge in [-0.05, 0) is 49.7 Å². The van der Waals surface area contributed by atoms with Gasteiger partial charge in [0.05, 0.1) is 29.4 Å². The number of carbonyl (C=O) groups excluding carboxylic acids is 1. The summed E-state index contributed by atoms with van der Waals surface area (Å²) in [6.07, 6.45) is 3.73. The number of hydrogen-bond donors (Lipinski definition) is 1. The topological polar surface area (TPSA) is 55.6 Å². The predicted octanol–water partition coefficient (Wildman–Crippen LogP) is 5.02. The minimum absolute atomic E-state index is 0.191. The molecule has 0 fully saturated rings. The van der Waals surface area contributed by atoms with Crippen LogP contribution >= 0.6 is 0 Å². The molecule has 1 aromatic carbocycles. The lowest BCUT2D eigenvalue weighted by atomic mass is 10.0. The van der Waals surface area contributed by atoms with Crippen molar-refractivity contribution in [1.29, 1.82) is 0 Å². The van der Waals surface area contributed by atoms with Gasteiger partial charge in [-0.1, -0.05) is 42.0 Å². The monoisotopic (exact) mass is 385 g/mol. The number of aromatic nitrogens is 2. The summed E-state index contributed by atoms with van der Waals surface area (Å²) in [6.45, 7) is 4.22. The van der Waals surface area contributed by atoms with Gasteiger partial charge >= 0.3 is 5.97 Å². The Hall–Kier alpha value is -3.60. The van der Waals surface area contributed by atoms with Crippen LogP contribution in [-0.2, 0) is 4.74 Å². The van der Waals surface area contributed by atoms with E-state index in [1.165, 1.54) is 5.56 Å². The van der Waals surface area contributed by atoms with Gasteiger partial charge in [0.2, 0.25) is 0 Å². The highest BCUT2D eigenvalue weighted by Gasteiger charge is 2.23. The molecule has 1 atom stereocenters. The standard InChI is InChI=1S/C24H23N3O2/c1-3-29-24(28)19-16-21(27-15-7-5-8-20(19)27)23(18-12-10-17(2)11-13-18)26-22-9-4-6-14-25-22/h4-16,23H,3H2,1-2H3,(H,25,26). The van der Waals surface area contributed by atoms with Crippen LogP contribution in [0, 0.1) is 6.92 Å². The van der Waals surface area contributed by atoms with Crippen molar-refractivity contribution in [3.05, 3.63) is 102 Å². The van der Waals surface area contributed by atoms with Crippen molar-refractivity contribution in [3.63, 3.8) is 0 Å².